The SMILES string of the molecule is O=C(c1ccc(Nc2ccc(Cl)cn2)nc1)N1CCCCC1.O=C(c1ccc(Nc2cccnc2)nc1)N1CCCCCC1. The number of likely N-dealkylation sites (tertiary alicyclic amines) is 2. The predicted octanol–water partition coefficient (Wildman–Crippen LogP) is 6.74. The highest BCUT2D eigenvalue weighted by molar-refractivity contribution is 6.30. The summed E-state index contributed by atoms with van der Waals surface area (Å²) < 4.78 is 0. The van der Waals surface area contributed by atoms with E-state index >= 15 is 0 Å². The number of hydrogen-bond acceptors (Lipinski definition) is 8. The Labute approximate surface area is 262 Å². The molecular formula is C33H37ClN8O2. The number of carbonyl (C=O) groups excluding carboxylic acids is 2. The van der Waals surface area contributed by atoms with Crippen LogP contribution in [-0.2, 0) is 0 Å². The van der Waals surface area contributed by atoms with Crippen LogP contribution in [0, 0.1) is 0 Å². The molecule has 2 N–H and O–H groups in total. The number of amides is 2. The van der Waals surface area contributed by atoms with Crippen molar-refractivity contribution >= 4 is 46.6 Å². The van der Waals surface area contributed by atoms with Crippen LogP contribution < -0.4 is 10.6 Å². The van der Waals surface area contributed by atoms with Crippen molar-refractivity contribution in [3.05, 3.63) is 95.7 Å². The van der Waals surface area contributed by atoms with Crippen molar-refractivity contribution in [3.63, 3.8) is 0 Å². The van der Waals surface area contributed by atoms with Crippen molar-refractivity contribution in [2.45, 2.75) is 44.9 Å². The van der Waals surface area contributed by atoms with Gasteiger partial charge in [0.2, 0.25) is 0 Å². The number of rotatable bonds is 6. The summed E-state index contributed by atoms with van der Waals surface area (Å²) in [6, 6.07) is 14.6. The Kier molecular flexibility index (Phi) is 11.1. The van der Waals surface area contributed by atoms with Gasteiger partial charge in [0.25, 0.3) is 11.8 Å². The molecule has 10 nitrogen and oxygen atoms in total. The molecule has 2 aliphatic heterocycles. The van der Waals surface area contributed by atoms with Gasteiger partial charge in [-0.1, -0.05) is 24.4 Å². The Morgan fingerprint density at radius 3 is 1.55 bits per heavy atom. The number of carbonyl (C=O) groups is 2. The zero-order valence-electron chi connectivity index (χ0n) is 24.7. The summed E-state index contributed by atoms with van der Waals surface area (Å²) >= 11 is 5.80. The van der Waals surface area contributed by atoms with Gasteiger partial charge in [0.05, 0.1) is 28.0 Å². The molecule has 0 saturated carbocycles. The van der Waals surface area contributed by atoms with Gasteiger partial charge in [-0.05, 0) is 80.6 Å². The molecule has 2 amide bonds. The first kappa shape index (κ1) is 30.9. The van der Waals surface area contributed by atoms with Gasteiger partial charge in [-0.3, -0.25) is 14.6 Å². The maximum Gasteiger partial charge on any atom is 0.255 e. The molecule has 0 spiro atoms. The number of anilines is 4. The second kappa shape index (κ2) is 15.8. The molecule has 0 aromatic carbocycles. The van der Waals surface area contributed by atoms with E-state index in [1.807, 2.05) is 34.1 Å². The molecule has 6 heterocycles. The molecule has 2 aliphatic rings. The zero-order valence-corrected chi connectivity index (χ0v) is 25.4. The van der Waals surface area contributed by atoms with Crippen LogP contribution in [0.15, 0.2) is 79.5 Å². The Morgan fingerprint density at radius 2 is 1.09 bits per heavy atom. The van der Waals surface area contributed by atoms with Gasteiger partial charge >= 0.3 is 0 Å². The molecule has 228 valence electrons. The van der Waals surface area contributed by atoms with Crippen molar-refractivity contribution in [1.82, 2.24) is 29.7 Å². The Morgan fingerprint density at radius 1 is 0.591 bits per heavy atom. The van der Waals surface area contributed by atoms with Gasteiger partial charge in [-0.25, -0.2) is 15.0 Å². The van der Waals surface area contributed by atoms with Crippen LogP contribution in [0.1, 0.15) is 65.7 Å². The first-order valence-corrected chi connectivity index (χ1v) is 15.5. The summed E-state index contributed by atoms with van der Waals surface area (Å²) in [5.74, 6) is 2.16. The molecular weight excluding hydrogens is 576 g/mol. The average molecular weight is 613 g/mol. The molecule has 4 aromatic heterocycles. The molecule has 0 radical (unpaired) electrons. The molecule has 2 saturated heterocycles. The van der Waals surface area contributed by atoms with E-state index in [4.69, 9.17) is 11.6 Å². The fraction of sp³-hybridized carbons (Fsp3) is 0.333. The van der Waals surface area contributed by atoms with Crippen LogP contribution >= 0.6 is 11.6 Å². The third kappa shape index (κ3) is 8.97. The summed E-state index contributed by atoms with van der Waals surface area (Å²) in [5, 5.41) is 6.82. The molecule has 0 unspecified atom stereocenters. The topological polar surface area (TPSA) is 116 Å². The first-order valence-electron chi connectivity index (χ1n) is 15.1. The van der Waals surface area contributed by atoms with Crippen molar-refractivity contribution in [3.8, 4) is 0 Å². The summed E-state index contributed by atoms with van der Waals surface area (Å²) in [5.41, 5.74) is 2.15. The van der Waals surface area contributed by atoms with Crippen LogP contribution in [0.25, 0.3) is 0 Å². The maximum absolute atomic E-state index is 12.5. The number of piperidine rings is 1. The minimum absolute atomic E-state index is 0.0587. The minimum atomic E-state index is 0.0587. The molecule has 6 rings (SSSR count). The molecule has 2 fully saturated rings. The quantitative estimate of drug-likeness (QED) is 0.246. The lowest BCUT2D eigenvalue weighted by atomic mass is 10.1. The van der Waals surface area contributed by atoms with Gasteiger partial charge in [0.1, 0.15) is 17.5 Å². The molecule has 0 atom stereocenters. The fourth-order valence-corrected chi connectivity index (χ4v) is 5.20. The number of nitrogens with zero attached hydrogens (tertiary/aromatic N) is 6. The second-order valence-electron chi connectivity index (χ2n) is 10.8. The first-order chi connectivity index (χ1) is 21.5. The lowest BCUT2D eigenvalue weighted by Gasteiger charge is -2.26. The van der Waals surface area contributed by atoms with Gasteiger partial charge in [-0.2, -0.15) is 0 Å². The number of halogens is 1. The third-order valence-corrected chi connectivity index (χ3v) is 7.70. The number of pyridine rings is 4. The van der Waals surface area contributed by atoms with E-state index in [0.29, 0.717) is 33.6 Å². The molecule has 11 heteroatoms. The lowest BCUT2D eigenvalue weighted by molar-refractivity contribution is 0.0722. The van der Waals surface area contributed by atoms with Gasteiger partial charge < -0.3 is 20.4 Å². The zero-order chi connectivity index (χ0) is 30.6. The van der Waals surface area contributed by atoms with E-state index in [2.05, 4.69) is 30.6 Å². The Hall–Kier alpha value is -4.57. The molecule has 0 aliphatic carbocycles. The summed E-state index contributed by atoms with van der Waals surface area (Å²) in [6.07, 6.45) is 16.3. The molecule has 44 heavy (non-hydrogen) atoms. The normalized spacial score (nSPS) is 14.9. The van der Waals surface area contributed by atoms with Crippen LogP contribution in [0.5, 0.6) is 0 Å². The van der Waals surface area contributed by atoms with Gasteiger partial charge in [-0.15, -0.1) is 0 Å². The number of aromatic nitrogens is 4. The average Bonchev–Trinajstić information content (AvgIpc) is 3.37. The molecule has 0 bridgehead atoms. The van der Waals surface area contributed by atoms with E-state index in [1.54, 1.807) is 55.2 Å². The van der Waals surface area contributed by atoms with E-state index in [0.717, 1.165) is 57.5 Å². The number of hydrogen-bond donors (Lipinski definition) is 2. The van der Waals surface area contributed by atoms with Gasteiger partial charge in [0, 0.05) is 51.0 Å². The lowest BCUT2D eigenvalue weighted by Crippen LogP contribution is -2.35. The second-order valence-corrected chi connectivity index (χ2v) is 11.2. The van der Waals surface area contributed by atoms with E-state index < -0.39 is 0 Å². The molecule has 4 aromatic rings. The van der Waals surface area contributed by atoms with Crippen LogP contribution in [0.4, 0.5) is 23.1 Å². The standard InChI is InChI=1S/C17H20N4O.C16H17ClN4O/c22-17(21-10-3-1-2-4-11-21)14-7-8-16(19-12-14)20-15-6-5-9-18-13-15;17-13-5-7-15(19-11-13)20-14-6-4-12(10-18-14)16(22)21-8-2-1-3-9-21/h5-9,12-13H,1-4,10-11H2,(H,19,20);4-7,10-11H,1-3,8-9H2,(H,18,19,20). The van der Waals surface area contributed by atoms with Crippen molar-refractivity contribution in [2.75, 3.05) is 36.8 Å². The number of nitrogens with one attached hydrogen (secondary N) is 2. The largest absolute Gasteiger partial charge is 0.339 e. The fourth-order valence-electron chi connectivity index (χ4n) is 5.09. The van der Waals surface area contributed by atoms with Gasteiger partial charge in [0.15, 0.2) is 0 Å². The van der Waals surface area contributed by atoms with Crippen LogP contribution in [0.2, 0.25) is 5.02 Å². The van der Waals surface area contributed by atoms with E-state index in [1.165, 1.54) is 19.3 Å². The van der Waals surface area contributed by atoms with Crippen LogP contribution in [-0.4, -0.2) is 67.7 Å². The third-order valence-electron chi connectivity index (χ3n) is 7.47. The Bertz CT molecular complexity index is 1470. The van der Waals surface area contributed by atoms with E-state index in [9.17, 15) is 9.59 Å². The minimum Gasteiger partial charge on any atom is -0.339 e. The monoisotopic (exact) mass is 612 g/mol. The summed E-state index contributed by atoms with van der Waals surface area (Å²) in [4.78, 5) is 45.5. The highest BCUT2D eigenvalue weighted by atomic mass is 35.5. The van der Waals surface area contributed by atoms with Crippen molar-refractivity contribution < 1.29 is 9.59 Å². The summed E-state index contributed by atoms with van der Waals surface area (Å²) in [6.45, 7) is 3.39. The highest BCUT2D eigenvalue weighted by Gasteiger charge is 2.19. The van der Waals surface area contributed by atoms with Crippen LogP contribution in [0.3, 0.4) is 0 Å². The van der Waals surface area contributed by atoms with E-state index in [-0.39, 0.29) is 11.8 Å². The highest BCUT2D eigenvalue weighted by Crippen LogP contribution is 2.18. The summed E-state index contributed by atoms with van der Waals surface area (Å²) in [7, 11) is 0. The Balaban J connectivity index is 0.000000175. The van der Waals surface area contributed by atoms with Crippen molar-refractivity contribution in [1.29, 1.82) is 0 Å². The predicted molar refractivity (Wildman–Crippen MR) is 173 cm³/mol. The maximum atomic E-state index is 12.5. The smallest absolute Gasteiger partial charge is 0.255 e. The van der Waals surface area contributed by atoms with Crippen molar-refractivity contribution in [2.24, 2.45) is 0 Å².